The molecule has 0 aromatic carbocycles. The lowest BCUT2D eigenvalue weighted by Gasteiger charge is -2.47. The average Bonchev–Trinajstić information content (AvgIpc) is 2.58. The lowest BCUT2D eigenvalue weighted by atomic mass is 9.61. The zero-order valence-corrected chi connectivity index (χ0v) is 17.9. The molecule has 1 heterocycles. The Hall–Kier alpha value is -0.0200. The van der Waals surface area contributed by atoms with E-state index in [-0.39, 0.29) is 10.7 Å². The van der Waals surface area contributed by atoms with E-state index in [1.54, 1.807) is 0 Å². The number of carbonyl (C=O) groups excluding carboxylic acids is 1. The number of carbonyl (C=O) groups is 1. The molecule has 23 heavy (non-hydrogen) atoms. The molecule has 0 saturated heterocycles. The van der Waals surface area contributed by atoms with E-state index < -0.39 is 9.74 Å². The SMILES string of the molecule is N#CC1=C(SC[C@H](Br)CBr)NC(=O)[C@](Br)(C#N)C12CCCCC2. The highest BCUT2D eigenvalue weighted by Gasteiger charge is 2.61. The van der Waals surface area contributed by atoms with E-state index >= 15 is 0 Å². The van der Waals surface area contributed by atoms with E-state index in [4.69, 9.17) is 0 Å². The fourth-order valence-corrected chi connectivity index (χ4v) is 5.89. The van der Waals surface area contributed by atoms with Crippen LogP contribution in [0.25, 0.3) is 0 Å². The molecule has 0 unspecified atom stereocenters. The number of nitrogens with one attached hydrogen (secondary N) is 1. The molecule has 0 aromatic rings. The quantitative estimate of drug-likeness (QED) is 0.554. The van der Waals surface area contributed by atoms with E-state index in [1.807, 2.05) is 0 Å². The molecule has 1 N–H and O–H groups in total. The summed E-state index contributed by atoms with van der Waals surface area (Å²) in [6.07, 6.45) is 4.29. The van der Waals surface area contributed by atoms with Crippen molar-refractivity contribution in [3.63, 3.8) is 0 Å². The summed E-state index contributed by atoms with van der Waals surface area (Å²) in [4.78, 5) is 12.9. The van der Waals surface area contributed by atoms with Crippen molar-refractivity contribution in [2.45, 2.75) is 41.3 Å². The standard InChI is InChI=1S/C15H16Br3N3OS/c16-6-10(17)8-23-12-11(7-19)14(4-2-1-3-5-14)15(18,9-20)13(22)21-12/h10H,1-6,8H2,(H,21,22)/t10-,15-/m1/s1. The highest BCUT2D eigenvalue weighted by atomic mass is 79.9. The molecule has 1 fully saturated rings. The topological polar surface area (TPSA) is 76.7 Å². The molecule has 0 aromatic heterocycles. The molecule has 0 bridgehead atoms. The lowest BCUT2D eigenvalue weighted by Crippen LogP contribution is -2.58. The van der Waals surface area contributed by atoms with Gasteiger partial charge in [0.1, 0.15) is 0 Å². The van der Waals surface area contributed by atoms with Gasteiger partial charge in [0.25, 0.3) is 5.91 Å². The van der Waals surface area contributed by atoms with Gasteiger partial charge in [-0.15, -0.1) is 11.8 Å². The summed E-state index contributed by atoms with van der Waals surface area (Å²) in [6.45, 7) is 0. The fraction of sp³-hybridized carbons (Fsp3) is 0.667. The van der Waals surface area contributed by atoms with Crippen molar-refractivity contribution in [2.75, 3.05) is 11.1 Å². The van der Waals surface area contributed by atoms with Gasteiger partial charge in [-0.3, -0.25) is 4.79 Å². The van der Waals surface area contributed by atoms with Gasteiger partial charge in [-0.2, -0.15) is 10.5 Å². The van der Waals surface area contributed by atoms with E-state index in [2.05, 4.69) is 65.2 Å². The molecule has 1 aliphatic heterocycles. The van der Waals surface area contributed by atoms with Crippen molar-refractivity contribution >= 4 is 65.5 Å². The van der Waals surface area contributed by atoms with Gasteiger partial charge in [0.05, 0.1) is 22.7 Å². The van der Waals surface area contributed by atoms with Crippen LogP contribution in [0.2, 0.25) is 0 Å². The van der Waals surface area contributed by atoms with Crippen molar-refractivity contribution < 1.29 is 4.79 Å². The number of hydrogen-bond donors (Lipinski definition) is 1. The van der Waals surface area contributed by atoms with Crippen LogP contribution < -0.4 is 5.32 Å². The number of allylic oxidation sites excluding steroid dienone is 1. The Labute approximate surface area is 165 Å². The first-order chi connectivity index (χ1) is 10.9. The van der Waals surface area contributed by atoms with E-state index in [0.717, 1.165) is 30.3 Å². The molecule has 0 radical (unpaired) electrons. The maximum atomic E-state index is 12.6. The molecule has 8 heteroatoms. The van der Waals surface area contributed by atoms with Crippen LogP contribution in [0.4, 0.5) is 0 Å². The second kappa shape index (κ2) is 7.91. The van der Waals surface area contributed by atoms with Gasteiger partial charge < -0.3 is 5.32 Å². The largest absolute Gasteiger partial charge is 0.318 e. The highest BCUT2D eigenvalue weighted by molar-refractivity contribution is 9.12. The van der Waals surface area contributed by atoms with Crippen molar-refractivity contribution in [1.82, 2.24) is 5.32 Å². The Bertz CT molecular complexity index is 604. The van der Waals surface area contributed by atoms with Crippen molar-refractivity contribution in [1.29, 1.82) is 10.5 Å². The number of nitrogens with zero attached hydrogens (tertiary/aromatic N) is 2. The van der Waals surface area contributed by atoms with Gasteiger partial charge in [0.15, 0.2) is 0 Å². The van der Waals surface area contributed by atoms with Crippen molar-refractivity contribution in [3.05, 3.63) is 10.6 Å². The van der Waals surface area contributed by atoms with Gasteiger partial charge in [0, 0.05) is 21.3 Å². The third-order valence-electron chi connectivity index (χ3n) is 4.45. The molecule has 2 atom stereocenters. The number of halogens is 3. The summed E-state index contributed by atoms with van der Waals surface area (Å²) >= 11 is 11.8. The first-order valence-corrected chi connectivity index (χ1v) is 11.2. The summed E-state index contributed by atoms with van der Waals surface area (Å²) in [5, 5.41) is 23.7. The monoisotopic (exact) mass is 523 g/mol. The smallest absolute Gasteiger partial charge is 0.257 e. The van der Waals surface area contributed by atoms with Crippen LogP contribution in [0.15, 0.2) is 10.6 Å². The molecule has 1 amide bonds. The van der Waals surface area contributed by atoms with Gasteiger partial charge in [-0.25, -0.2) is 0 Å². The first kappa shape index (κ1) is 19.3. The Kier molecular flexibility index (Phi) is 6.64. The minimum absolute atomic E-state index is 0.241. The van der Waals surface area contributed by atoms with Crippen LogP contribution in [0.3, 0.4) is 0 Å². The summed E-state index contributed by atoms with van der Waals surface area (Å²) in [5.74, 6) is 0.373. The molecule has 2 aliphatic rings. The number of rotatable bonds is 4. The van der Waals surface area contributed by atoms with E-state index in [9.17, 15) is 15.3 Å². The molecular weight excluding hydrogens is 510 g/mol. The number of hydrogen-bond acceptors (Lipinski definition) is 4. The third-order valence-corrected chi connectivity index (χ3v) is 9.64. The van der Waals surface area contributed by atoms with Crippen LogP contribution in [0.5, 0.6) is 0 Å². The van der Waals surface area contributed by atoms with Gasteiger partial charge in [-0.1, -0.05) is 67.1 Å². The average molecular weight is 526 g/mol. The molecule has 2 rings (SSSR count). The Balaban J connectivity index is 2.49. The number of thioether (sulfide) groups is 1. The highest BCUT2D eigenvalue weighted by Crippen LogP contribution is 2.57. The normalized spacial score (nSPS) is 28.0. The Morgan fingerprint density at radius 2 is 1.96 bits per heavy atom. The lowest BCUT2D eigenvalue weighted by molar-refractivity contribution is -0.124. The second-order valence-corrected chi connectivity index (χ2v) is 9.91. The van der Waals surface area contributed by atoms with Crippen LogP contribution in [-0.2, 0) is 4.79 Å². The van der Waals surface area contributed by atoms with Crippen molar-refractivity contribution in [2.24, 2.45) is 5.41 Å². The summed E-state index contributed by atoms with van der Waals surface area (Å²) < 4.78 is -1.36. The molecule has 1 spiro atoms. The maximum absolute atomic E-state index is 12.6. The third kappa shape index (κ3) is 3.38. The minimum Gasteiger partial charge on any atom is -0.318 e. The van der Waals surface area contributed by atoms with E-state index in [0.29, 0.717) is 23.4 Å². The minimum atomic E-state index is -1.36. The zero-order chi connectivity index (χ0) is 17.1. The van der Waals surface area contributed by atoms with Crippen LogP contribution >= 0.6 is 59.6 Å². The van der Waals surface area contributed by atoms with Gasteiger partial charge in [0.2, 0.25) is 4.32 Å². The number of nitriles is 2. The number of alkyl halides is 3. The number of amides is 1. The van der Waals surface area contributed by atoms with Crippen LogP contribution in [0, 0.1) is 28.1 Å². The molecule has 1 saturated carbocycles. The Morgan fingerprint density at radius 3 is 2.48 bits per heavy atom. The second-order valence-electron chi connectivity index (χ2n) is 5.75. The molecule has 1 aliphatic carbocycles. The fourth-order valence-electron chi connectivity index (χ4n) is 3.25. The summed E-state index contributed by atoms with van der Waals surface area (Å²) in [7, 11) is 0. The molecule has 124 valence electrons. The molecular formula is C15H16Br3N3OS. The van der Waals surface area contributed by atoms with Gasteiger partial charge in [-0.05, 0) is 12.8 Å². The zero-order valence-electron chi connectivity index (χ0n) is 12.4. The predicted octanol–water partition coefficient (Wildman–Crippen LogP) is 4.35. The maximum Gasteiger partial charge on any atom is 0.257 e. The van der Waals surface area contributed by atoms with Crippen LogP contribution in [0.1, 0.15) is 32.1 Å². The summed E-state index contributed by atoms with van der Waals surface area (Å²) in [5.41, 5.74) is -0.176. The van der Waals surface area contributed by atoms with Gasteiger partial charge >= 0.3 is 0 Å². The Morgan fingerprint density at radius 1 is 1.30 bits per heavy atom. The summed E-state index contributed by atoms with van der Waals surface area (Å²) in [6, 6.07) is 4.45. The molecule has 4 nitrogen and oxygen atoms in total. The van der Waals surface area contributed by atoms with Crippen molar-refractivity contribution in [3.8, 4) is 12.1 Å². The van der Waals surface area contributed by atoms with Crippen LogP contribution in [-0.4, -0.2) is 26.1 Å². The first-order valence-electron chi connectivity index (χ1n) is 7.34. The van der Waals surface area contributed by atoms with E-state index in [1.165, 1.54) is 11.8 Å². The predicted molar refractivity (Wildman–Crippen MR) is 103 cm³/mol.